The second-order valence-electron chi connectivity index (χ2n) is 9.45. The molecule has 0 bridgehead atoms. The van der Waals surface area contributed by atoms with Crippen molar-refractivity contribution in [2.24, 2.45) is 11.0 Å². The molecule has 3 aromatic rings. The number of hydrogen-bond donors (Lipinski definition) is 2. The average molecular weight is 698 g/mol. The number of nitrogens with zero attached hydrogens (tertiary/aromatic N) is 2. The number of hydrogen-bond acceptors (Lipinski definition) is 10. The number of amides is 1. The van der Waals surface area contributed by atoms with Crippen LogP contribution in [0.4, 0.5) is 5.69 Å². The van der Waals surface area contributed by atoms with Crippen molar-refractivity contribution in [3.63, 3.8) is 0 Å². The van der Waals surface area contributed by atoms with Gasteiger partial charge in [0.1, 0.15) is 10.9 Å². The van der Waals surface area contributed by atoms with Crippen molar-refractivity contribution in [2.45, 2.75) is 43.5 Å². The highest BCUT2D eigenvalue weighted by Gasteiger charge is 2.28. The van der Waals surface area contributed by atoms with Gasteiger partial charge in [0.25, 0.3) is 11.6 Å². The van der Waals surface area contributed by atoms with Crippen LogP contribution in [0.25, 0.3) is 0 Å². The van der Waals surface area contributed by atoms with Gasteiger partial charge in [-0.05, 0) is 71.6 Å². The van der Waals surface area contributed by atoms with E-state index in [9.17, 15) is 31.7 Å². The van der Waals surface area contributed by atoms with E-state index in [0.717, 1.165) is 23.8 Å². The highest BCUT2D eigenvalue weighted by molar-refractivity contribution is 9.10. The zero-order valence-electron chi connectivity index (χ0n) is 23.5. The van der Waals surface area contributed by atoms with E-state index in [1.54, 1.807) is 32.9 Å². The third-order valence-corrected chi connectivity index (χ3v) is 9.06. The van der Waals surface area contributed by atoms with Gasteiger partial charge in [-0.25, -0.2) is 13.8 Å². The minimum atomic E-state index is -4.49. The fraction of sp³-hybridized carbons (Fsp3) is 0.259. The number of carbonyl (C=O) groups excluding carboxylic acids is 1. The number of sulfonamides is 1. The highest BCUT2D eigenvalue weighted by Crippen LogP contribution is 2.38. The van der Waals surface area contributed by atoms with Crippen molar-refractivity contribution in [3.05, 3.63) is 86.4 Å². The zero-order valence-corrected chi connectivity index (χ0v) is 26.7. The molecule has 0 aromatic heterocycles. The molecular weight excluding hydrogens is 668 g/mol. The lowest BCUT2D eigenvalue weighted by Crippen LogP contribution is -2.48. The summed E-state index contributed by atoms with van der Waals surface area (Å²) >= 11 is 3.25. The molecule has 0 aliphatic rings. The fourth-order valence-electron chi connectivity index (χ4n) is 3.60. The highest BCUT2D eigenvalue weighted by atomic mass is 79.9. The first kappa shape index (κ1) is 33.6. The molecule has 0 saturated heterocycles. The SMILES string of the molecule is CCOc1cc(/C=N\NC(=O)[C@@H](NS(=O)(=O)c2ccc(C)cc2)C(C)C)cc(Br)c1OS(=O)(=O)c1cccc([N+](=O)[O-])c1. The molecule has 0 spiro atoms. The molecule has 13 nitrogen and oxygen atoms in total. The largest absolute Gasteiger partial charge is 0.490 e. The van der Waals surface area contributed by atoms with Gasteiger partial charge in [0.05, 0.1) is 27.1 Å². The summed E-state index contributed by atoms with van der Waals surface area (Å²) in [5, 5.41) is 15.0. The molecule has 0 unspecified atom stereocenters. The van der Waals surface area contributed by atoms with E-state index in [2.05, 4.69) is 31.2 Å². The van der Waals surface area contributed by atoms with Gasteiger partial charge in [-0.1, -0.05) is 37.6 Å². The van der Waals surface area contributed by atoms with Gasteiger partial charge in [-0.15, -0.1) is 0 Å². The second-order valence-corrected chi connectivity index (χ2v) is 13.6. The van der Waals surface area contributed by atoms with E-state index < -0.39 is 53.5 Å². The van der Waals surface area contributed by atoms with E-state index in [1.165, 1.54) is 36.5 Å². The molecule has 2 N–H and O–H groups in total. The Morgan fingerprint density at radius 3 is 2.35 bits per heavy atom. The number of non-ortho nitro benzene ring substituents is 1. The Bertz CT molecular complexity index is 1740. The summed E-state index contributed by atoms with van der Waals surface area (Å²) in [5.74, 6) is -1.32. The van der Waals surface area contributed by atoms with Crippen LogP contribution < -0.4 is 19.1 Å². The van der Waals surface area contributed by atoms with Crippen molar-refractivity contribution in [1.82, 2.24) is 10.1 Å². The Labute approximate surface area is 257 Å². The molecule has 0 radical (unpaired) electrons. The molecular formula is C27H29BrN4O9S2. The molecule has 3 aromatic carbocycles. The van der Waals surface area contributed by atoms with Gasteiger partial charge in [0.2, 0.25) is 10.0 Å². The molecule has 0 aliphatic heterocycles. The van der Waals surface area contributed by atoms with Crippen LogP contribution in [-0.2, 0) is 24.9 Å². The second kappa shape index (κ2) is 14.1. The van der Waals surface area contributed by atoms with E-state index >= 15 is 0 Å². The number of aryl methyl sites for hydroxylation is 1. The number of nitro benzene ring substituents is 1. The lowest BCUT2D eigenvalue weighted by Gasteiger charge is -2.20. The standard InChI is InChI=1S/C27H29BrN4O9S2/c1-5-40-24-14-19(13-23(28)26(24)41-43(38,39)22-8-6-7-20(15-22)32(34)35)16-29-30-27(33)25(17(2)3)31-42(36,37)21-11-9-18(4)10-12-21/h6-17,25,31H,5H2,1-4H3,(H,30,33)/b29-16-/t25-/m0/s1. The van der Waals surface area contributed by atoms with E-state index in [-0.39, 0.29) is 27.5 Å². The number of nitrogens with one attached hydrogen (secondary N) is 2. The number of hydrazone groups is 1. The first-order chi connectivity index (χ1) is 20.1. The zero-order chi connectivity index (χ0) is 31.9. The number of halogens is 1. The molecule has 0 fully saturated rings. The molecule has 230 valence electrons. The maximum Gasteiger partial charge on any atom is 0.339 e. The number of rotatable bonds is 13. The summed E-state index contributed by atoms with van der Waals surface area (Å²) in [6.45, 7) is 6.98. The number of carbonyl (C=O) groups is 1. The third kappa shape index (κ3) is 8.82. The van der Waals surface area contributed by atoms with E-state index in [1.807, 2.05) is 6.92 Å². The van der Waals surface area contributed by atoms with E-state index in [4.69, 9.17) is 8.92 Å². The van der Waals surface area contributed by atoms with Crippen LogP contribution in [0.1, 0.15) is 31.9 Å². The quantitative estimate of drug-likeness (QED) is 0.114. The average Bonchev–Trinajstić information content (AvgIpc) is 2.94. The third-order valence-electron chi connectivity index (χ3n) is 5.79. The summed E-state index contributed by atoms with van der Waals surface area (Å²) in [7, 11) is -8.48. The monoisotopic (exact) mass is 696 g/mol. The topological polar surface area (TPSA) is 183 Å². The Morgan fingerprint density at radius 2 is 1.74 bits per heavy atom. The maximum absolute atomic E-state index is 12.9. The number of benzene rings is 3. The first-order valence-electron chi connectivity index (χ1n) is 12.7. The van der Waals surface area contributed by atoms with Crippen LogP contribution in [0.5, 0.6) is 11.5 Å². The number of ether oxygens (including phenoxy) is 1. The fourth-order valence-corrected chi connectivity index (χ4v) is 6.59. The summed E-state index contributed by atoms with van der Waals surface area (Å²) in [4.78, 5) is 22.8. The van der Waals surface area contributed by atoms with Gasteiger partial charge in [0, 0.05) is 12.1 Å². The van der Waals surface area contributed by atoms with Crippen LogP contribution in [-0.4, -0.2) is 46.5 Å². The van der Waals surface area contributed by atoms with Crippen molar-refractivity contribution in [3.8, 4) is 11.5 Å². The minimum Gasteiger partial charge on any atom is -0.490 e. The Hall–Kier alpha value is -3.86. The lowest BCUT2D eigenvalue weighted by atomic mass is 10.1. The summed E-state index contributed by atoms with van der Waals surface area (Å²) in [6.07, 6.45) is 1.25. The van der Waals surface area contributed by atoms with Gasteiger partial charge in [0.15, 0.2) is 11.5 Å². The maximum atomic E-state index is 12.9. The van der Waals surface area contributed by atoms with Crippen molar-refractivity contribution < 1.29 is 35.5 Å². The summed E-state index contributed by atoms with van der Waals surface area (Å²) in [5.41, 5.74) is 3.14. The Balaban J connectivity index is 1.80. The van der Waals surface area contributed by atoms with Crippen molar-refractivity contribution in [2.75, 3.05) is 6.61 Å². The Kier molecular flexibility index (Phi) is 11.0. The molecule has 0 heterocycles. The minimum absolute atomic E-state index is 0.00423. The van der Waals surface area contributed by atoms with Gasteiger partial charge >= 0.3 is 10.1 Å². The normalized spacial score (nSPS) is 12.7. The van der Waals surface area contributed by atoms with Gasteiger partial charge < -0.3 is 8.92 Å². The van der Waals surface area contributed by atoms with Crippen LogP contribution >= 0.6 is 15.9 Å². The molecule has 43 heavy (non-hydrogen) atoms. The molecule has 0 aliphatic carbocycles. The van der Waals surface area contributed by atoms with Crippen molar-refractivity contribution in [1.29, 1.82) is 0 Å². The molecule has 1 amide bonds. The molecule has 1 atom stereocenters. The van der Waals surface area contributed by atoms with Gasteiger partial charge in [-0.2, -0.15) is 18.2 Å². The van der Waals surface area contributed by atoms with E-state index in [0.29, 0.717) is 5.56 Å². The Morgan fingerprint density at radius 1 is 1.07 bits per heavy atom. The first-order valence-corrected chi connectivity index (χ1v) is 16.4. The van der Waals surface area contributed by atoms with Crippen molar-refractivity contribution >= 4 is 53.9 Å². The molecule has 3 rings (SSSR count). The van der Waals surface area contributed by atoms with Gasteiger partial charge in [-0.3, -0.25) is 14.9 Å². The van der Waals surface area contributed by atoms with Crippen LogP contribution in [0, 0.1) is 23.0 Å². The van der Waals surface area contributed by atoms with Crippen LogP contribution in [0.15, 0.2) is 80.0 Å². The predicted molar refractivity (Wildman–Crippen MR) is 162 cm³/mol. The predicted octanol–water partition coefficient (Wildman–Crippen LogP) is 4.29. The summed E-state index contributed by atoms with van der Waals surface area (Å²) < 4.78 is 64.8. The molecule has 0 saturated carbocycles. The molecule has 16 heteroatoms. The summed E-state index contributed by atoms with van der Waals surface area (Å²) in [6, 6.07) is 12.3. The lowest BCUT2D eigenvalue weighted by molar-refractivity contribution is -0.385. The van der Waals surface area contributed by atoms with Crippen LogP contribution in [0.3, 0.4) is 0 Å². The van der Waals surface area contributed by atoms with Crippen LogP contribution in [0.2, 0.25) is 0 Å². The number of nitro groups is 1. The smallest absolute Gasteiger partial charge is 0.339 e.